The number of hydrogen-bond acceptors (Lipinski definition) is 4. The van der Waals surface area contributed by atoms with Crippen molar-refractivity contribution < 1.29 is 4.74 Å². The second kappa shape index (κ2) is 6.28. The molecule has 0 atom stereocenters. The Hall–Kier alpha value is -1.23. The minimum Gasteiger partial charge on any atom is -0.394 e. The highest BCUT2D eigenvalue weighted by Gasteiger charge is 2.20. The van der Waals surface area contributed by atoms with Gasteiger partial charge in [-0.25, -0.2) is 0 Å². The van der Waals surface area contributed by atoms with Crippen molar-refractivity contribution >= 4 is 11.5 Å². The molecule has 0 spiro atoms. The Morgan fingerprint density at radius 1 is 1.47 bits per heavy atom. The molecule has 0 amide bonds. The molecule has 0 saturated heterocycles. The number of hydrogen-bond donors (Lipinski definition) is 2. The molecule has 1 saturated carbocycles. The van der Waals surface area contributed by atoms with Crippen LogP contribution in [0.25, 0.3) is 0 Å². The van der Waals surface area contributed by atoms with E-state index in [0.29, 0.717) is 5.92 Å². The van der Waals surface area contributed by atoms with Gasteiger partial charge >= 0.3 is 0 Å². The lowest BCUT2D eigenvalue weighted by molar-refractivity contribution is 0.124. The molecular weight excluding hydrogens is 240 g/mol. The van der Waals surface area contributed by atoms with E-state index in [0.717, 1.165) is 49.3 Å². The number of anilines is 2. The van der Waals surface area contributed by atoms with Crippen LogP contribution >= 0.6 is 0 Å². The molecule has 19 heavy (non-hydrogen) atoms. The van der Waals surface area contributed by atoms with E-state index in [-0.39, 0.29) is 0 Å². The highest BCUT2D eigenvalue weighted by atomic mass is 16.5. The predicted octanol–water partition coefficient (Wildman–Crippen LogP) is 2.35. The molecular formula is C14H26N4O. The lowest BCUT2D eigenvalue weighted by atomic mass is 10.1. The third-order valence-electron chi connectivity index (χ3n) is 3.47. The average Bonchev–Trinajstić information content (AvgIpc) is 3.13. The minimum absolute atomic E-state index is 0.351. The number of nitrogen functional groups attached to an aromatic ring is 1. The first-order valence-corrected chi connectivity index (χ1v) is 7.23. The van der Waals surface area contributed by atoms with Crippen LogP contribution in [-0.2, 0) is 11.8 Å². The molecule has 2 rings (SSSR count). The number of rotatable bonds is 8. The van der Waals surface area contributed by atoms with Gasteiger partial charge in [-0.2, -0.15) is 5.10 Å². The summed E-state index contributed by atoms with van der Waals surface area (Å²) in [5.41, 5.74) is 7.86. The second-order valence-corrected chi connectivity index (χ2v) is 5.72. The minimum atomic E-state index is 0.351. The molecule has 5 nitrogen and oxygen atoms in total. The lowest BCUT2D eigenvalue weighted by Gasteiger charge is -2.08. The summed E-state index contributed by atoms with van der Waals surface area (Å²) in [5, 5.41) is 7.81. The van der Waals surface area contributed by atoms with Crippen LogP contribution in [0.4, 0.5) is 11.5 Å². The molecule has 0 unspecified atom stereocenters. The van der Waals surface area contributed by atoms with Crippen molar-refractivity contribution in [3.05, 3.63) is 5.69 Å². The molecule has 1 aromatic rings. The summed E-state index contributed by atoms with van der Waals surface area (Å²) in [4.78, 5) is 0. The molecule has 1 aromatic heterocycles. The topological polar surface area (TPSA) is 65.1 Å². The summed E-state index contributed by atoms with van der Waals surface area (Å²) in [7, 11) is 1.92. The van der Waals surface area contributed by atoms with Crippen LogP contribution in [0.2, 0.25) is 0 Å². The van der Waals surface area contributed by atoms with E-state index in [1.165, 1.54) is 12.8 Å². The van der Waals surface area contributed by atoms with Crippen molar-refractivity contribution in [2.24, 2.45) is 13.0 Å². The van der Waals surface area contributed by atoms with E-state index >= 15 is 0 Å². The van der Waals surface area contributed by atoms with Crippen molar-refractivity contribution in [2.75, 3.05) is 30.8 Å². The van der Waals surface area contributed by atoms with Crippen molar-refractivity contribution in [2.45, 2.75) is 39.0 Å². The molecule has 1 heterocycles. The standard InChI is InChI=1S/C14H26N4O/c1-10(2)13-12(15)14(18(3)17-13)16-7-4-8-19-9-11-5-6-11/h10-11,16H,4-9,15H2,1-3H3. The SMILES string of the molecule is CC(C)c1nn(C)c(NCCCOCC2CC2)c1N. The van der Waals surface area contributed by atoms with E-state index in [1.54, 1.807) is 0 Å². The van der Waals surface area contributed by atoms with Crippen molar-refractivity contribution in [1.29, 1.82) is 0 Å². The molecule has 5 heteroatoms. The zero-order chi connectivity index (χ0) is 13.8. The first-order valence-electron chi connectivity index (χ1n) is 7.23. The Labute approximate surface area is 115 Å². The summed E-state index contributed by atoms with van der Waals surface area (Å²) in [5.74, 6) is 2.11. The van der Waals surface area contributed by atoms with E-state index in [4.69, 9.17) is 10.5 Å². The van der Waals surface area contributed by atoms with Crippen molar-refractivity contribution in [3.63, 3.8) is 0 Å². The van der Waals surface area contributed by atoms with Crippen LogP contribution in [0, 0.1) is 5.92 Å². The monoisotopic (exact) mass is 266 g/mol. The molecule has 3 N–H and O–H groups in total. The zero-order valence-corrected chi connectivity index (χ0v) is 12.3. The van der Waals surface area contributed by atoms with E-state index in [1.807, 2.05) is 11.7 Å². The highest BCUT2D eigenvalue weighted by Crippen LogP contribution is 2.29. The summed E-state index contributed by atoms with van der Waals surface area (Å²) >= 11 is 0. The quantitative estimate of drug-likeness (QED) is 0.709. The summed E-state index contributed by atoms with van der Waals surface area (Å²) in [6.45, 7) is 6.83. The molecule has 0 aromatic carbocycles. The van der Waals surface area contributed by atoms with Crippen LogP contribution in [0.3, 0.4) is 0 Å². The van der Waals surface area contributed by atoms with Gasteiger partial charge in [0.25, 0.3) is 0 Å². The molecule has 1 fully saturated rings. The third-order valence-corrected chi connectivity index (χ3v) is 3.47. The highest BCUT2D eigenvalue weighted by molar-refractivity contribution is 5.65. The van der Waals surface area contributed by atoms with Crippen LogP contribution in [0.5, 0.6) is 0 Å². The van der Waals surface area contributed by atoms with Crippen LogP contribution < -0.4 is 11.1 Å². The van der Waals surface area contributed by atoms with Gasteiger partial charge in [-0.3, -0.25) is 4.68 Å². The Morgan fingerprint density at radius 2 is 2.21 bits per heavy atom. The van der Waals surface area contributed by atoms with Crippen LogP contribution in [0.1, 0.15) is 44.7 Å². The molecule has 1 aliphatic carbocycles. The Kier molecular flexibility index (Phi) is 4.69. The zero-order valence-electron chi connectivity index (χ0n) is 12.3. The first kappa shape index (κ1) is 14.2. The van der Waals surface area contributed by atoms with Gasteiger partial charge in [-0.1, -0.05) is 13.8 Å². The Balaban J connectivity index is 1.72. The number of nitrogens with one attached hydrogen (secondary N) is 1. The molecule has 1 aliphatic rings. The lowest BCUT2D eigenvalue weighted by Crippen LogP contribution is -2.10. The van der Waals surface area contributed by atoms with Gasteiger partial charge < -0.3 is 15.8 Å². The predicted molar refractivity (Wildman–Crippen MR) is 78.4 cm³/mol. The molecule has 0 radical (unpaired) electrons. The van der Waals surface area contributed by atoms with Crippen molar-refractivity contribution in [3.8, 4) is 0 Å². The number of nitrogens with zero attached hydrogens (tertiary/aromatic N) is 2. The third kappa shape index (κ3) is 3.86. The van der Waals surface area contributed by atoms with Gasteiger partial charge in [0.15, 0.2) is 0 Å². The van der Waals surface area contributed by atoms with E-state index in [9.17, 15) is 0 Å². The first-order chi connectivity index (χ1) is 9.09. The van der Waals surface area contributed by atoms with Gasteiger partial charge in [0, 0.05) is 26.8 Å². The average molecular weight is 266 g/mol. The van der Waals surface area contributed by atoms with Gasteiger partial charge in [-0.05, 0) is 31.1 Å². The van der Waals surface area contributed by atoms with Gasteiger partial charge in [0.2, 0.25) is 0 Å². The van der Waals surface area contributed by atoms with Crippen LogP contribution in [-0.4, -0.2) is 29.5 Å². The Morgan fingerprint density at radius 3 is 2.79 bits per heavy atom. The molecule has 0 bridgehead atoms. The fourth-order valence-electron chi connectivity index (χ4n) is 2.11. The van der Waals surface area contributed by atoms with E-state index in [2.05, 4.69) is 24.3 Å². The maximum atomic E-state index is 6.12. The number of aryl methyl sites for hydroxylation is 1. The van der Waals surface area contributed by atoms with Crippen LogP contribution in [0.15, 0.2) is 0 Å². The number of nitrogens with two attached hydrogens (primary N) is 1. The number of aromatic nitrogens is 2. The summed E-state index contributed by atoms with van der Waals surface area (Å²) in [6.07, 6.45) is 3.69. The fraction of sp³-hybridized carbons (Fsp3) is 0.786. The maximum Gasteiger partial charge on any atom is 0.147 e. The molecule has 0 aliphatic heterocycles. The normalized spacial score (nSPS) is 15.2. The Bertz CT molecular complexity index is 410. The largest absolute Gasteiger partial charge is 0.394 e. The smallest absolute Gasteiger partial charge is 0.147 e. The van der Waals surface area contributed by atoms with E-state index < -0.39 is 0 Å². The van der Waals surface area contributed by atoms with Gasteiger partial charge in [0.05, 0.1) is 11.4 Å². The summed E-state index contributed by atoms with van der Waals surface area (Å²) in [6, 6.07) is 0. The fourth-order valence-corrected chi connectivity index (χ4v) is 2.11. The number of ether oxygens (including phenoxy) is 1. The van der Waals surface area contributed by atoms with Gasteiger partial charge in [0.1, 0.15) is 5.82 Å². The van der Waals surface area contributed by atoms with Crippen molar-refractivity contribution in [1.82, 2.24) is 9.78 Å². The second-order valence-electron chi connectivity index (χ2n) is 5.72. The summed E-state index contributed by atoms with van der Waals surface area (Å²) < 4.78 is 7.43. The maximum absolute atomic E-state index is 6.12. The van der Waals surface area contributed by atoms with Gasteiger partial charge in [-0.15, -0.1) is 0 Å². The molecule has 108 valence electrons.